The summed E-state index contributed by atoms with van der Waals surface area (Å²) in [5.41, 5.74) is 3.38. The van der Waals surface area contributed by atoms with E-state index < -0.39 is 5.97 Å². The minimum atomic E-state index is -0.841. The van der Waals surface area contributed by atoms with Gasteiger partial charge in [0.1, 0.15) is 0 Å². The molecule has 0 spiro atoms. The lowest BCUT2D eigenvalue weighted by Gasteiger charge is -2.03. The molecule has 0 aliphatic rings. The molecule has 2 aromatic rings. The first kappa shape index (κ1) is 22.0. The minimum absolute atomic E-state index is 0.00662. The molecule has 26 heavy (non-hydrogen) atoms. The number of hydrogen-bond acceptors (Lipinski definition) is 5. The number of aryl methyl sites for hydroxylation is 2. The van der Waals surface area contributed by atoms with Crippen molar-refractivity contribution >= 4 is 34.5 Å². The van der Waals surface area contributed by atoms with Gasteiger partial charge in [0.15, 0.2) is 0 Å². The lowest BCUT2D eigenvalue weighted by molar-refractivity contribution is -0.142. The van der Waals surface area contributed by atoms with Gasteiger partial charge in [0.2, 0.25) is 0 Å². The molecule has 142 valence electrons. The fraction of sp³-hybridized carbons (Fsp3) is 0.368. The average Bonchev–Trinajstić information content (AvgIpc) is 2.60. The Hall–Kier alpha value is -2.03. The molecule has 1 N–H and O–H groups in total. The van der Waals surface area contributed by atoms with Crippen molar-refractivity contribution in [1.29, 1.82) is 0 Å². The zero-order valence-electron chi connectivity index (χ0n) is 16.2. The van der Waals surface area contributed by atoms with E-state index in [-0.39, 0.29) is 18.8 Å². The number of carboxylic acids is 1. The molecule has 0 aliphatic carbocycles. The number of aliphatic carboxylic acids is 1. The predicted molar refractivity (Wildman–Crippen MR) is 110 cm³/mol. The van der Waals surface area contributed by atoms with Crippen LogP contribution in [-0.4, -0.2) is 38.5 Å². The Balaban J connectivity index is 0.000000442. The lowest BCUT2D eigenvalue weighted by Crippen LogP contribution is -2.09. The van der Waals surface area contributed by atoms with Crippen LogP contribution >= 0.6 is 22.6 Å². The van der Waals surface area contributed by atoms with Crippen LogP contribution in [0.4, 0.5) is 0 Å². The van der Waals surface area contributed by atoms with Crippen LogP contribution in [0.5, 0.6) is 0 Å². The number of carbonyl (C=O) groups is 2. The number of aromatic nitrogens is 2. The van der Waals surface area contributed by atoms with Crippen LogP contribution < -0.4 is 0 Å². The van der Waals surface area contributed by atoms with Crippen LogP contribution in [0.3, 0.4) is 0 Å². The van der Waals surface area contributed by atoms with E-state index in [9.17, 15) is 9.59 Å². The third-order valence-corrected chi connectivity index (χ3v) is 3.17. The molecule has 0 aliphatic heterocycles. The van der Waals surface area contributed by atoms with Crippen molar-refractivity contribution in [3.8, 4) is 0 Å². The van der Waals surface area contributed by atoms with Gasteiger partial charge >= 0.3 is 11.9 Å². The quantitative estimate of drug-likeness (QED) is 0.406. The van der Waals surface area contributed by atoms with Crippen molar-refractivity contribution in [3.63, 3.8) is 0 Å². The Bertz CT molecular complexity index is 714. The molecule has 0 saturated carbocycles. The van der Waals surface area contributed by atoms with Crippen LogP contribution in [0.25, 0.3) is 0 Å². The molecule has 2 heterocycles. The maximum absolute atomic E-state index is 11.1. The van der Waals surface area contributed by atoms with Gasteiger partial charge in [-0.05, 0) is 48.9 Å². The molecule has 0 unspecified atom stereocenters. The van der Waals surface area contributed by atoms with Gasteiger partial charge < -0.3 is 9.84 Å². The third kappa shape index (κ3) is 10.1. The molecule has 0 fully saturated rings. The molecular weight excluding hydrogens is 447 g/mol. The summed E-state index contributed by atoms with van der Waals surface area (Å²) in [6.45, 7) is 6.00. The fourth-order valence-electron chi connectivity index (χ4n) is 1.90. The summed E-state index contributed by atoms with van der Waals surface area (Å²) in [4.78, 5) is 29.9. The topological polar surface area (TPSA) is 89.4 Å². The zero-order valence-corrected chi connectivity index (χ0v) is 17.4. The summed E-state index contributed by atoms with van der Waals surface area (Å²) in [7, 11) is 0. The molecule has 0 atom stereocenters. The van der Waals surface area contributed by atoms with Gasteiger partial charge in [-0.25, -0.2) is 0 Å². The highest BCUT2D eigenvalue weighted by Gasteiger charge is 2.06. The van der Waals surface area contributed by atoms with Gasteiger partial charge in [-0.3, -0.25) is 19.6 Å². The average molecular weight is 473 g/mol. The predicted octanol–water partition coefficient (Wildman–Crippen LogP) is 3.56. The van der Waals surface area contributed by atoms with E-state index in [1.165, 1.54) is 0 Å². The van der Waals surface area contributed by atoms with Gasteiger partial charge in [-0.2, -0.15) is 0 Å². The van der Waals surface area contributed by atoms with E-state index in [2.05, 4.69) is 9.97 Å². The van der Waals surface area contributed by atoms with E-state index in [0.29, 0.717) is 17.2 Å². The first-order valence-corrected chi connectivity index (χ1v) is 9.41. The van der Waals surface area contributed by atoms with E-state index in [4.69, 9.17) is 11.2 Å². The van der Waals surface area contributed by atoms with Gasteiger partial charge in [0.05, 0.1) is 30.8 Å². The van der Waals surface area contributed by atoms with Gasteiger partial charge in [0.25, 0.3) is 0 Å². The molecule has 0 aromatic carbocycles. The molecule has 0 saturated heterocycles. The number of carbonyl (C=O) groups excluding carboxylic acids is 1. The van der Waals surface area contributed by atoms with Crippen molar-refractivity contribution in [3.05, 3.63) is 59.2 Å². The van der Waals surface area contributed by atoms with E-state index in [0.717, 1.165) is 16.8 Å². The summed E-state index contributed by atoms with van der Waals surface area (Å²) in [5, 5.41) is 8.45. The van der Waals surface area contributed by atoms with Crippen molar-refractivity contribution in [2.45, 2.75) is 33.6 Å². The molecule has 0 bridgehead atoms. The summed E-state index contributed by atoms with van der Waals surface area (Å²) < 4.78 is 11.0. The zero-order chi connectivity index (χ0) is 20.7. The Morgan fingerprint density at radius 3 is 1.96 bits per heavy atom. The van der Waals surface area contributed by atoms with Crippen LogP contribution in [0.2, 0.25) is 0 Å². The van der Waals surface area contributed by atoms with E-state index in [1.54, 1.807) is 25.4 Å². The van der Waals surface area contributed by atoms with Crippen LogP contribution in [0, 0.1) is 13.8 Å². The second kappa shape index (κ2) is 14.2. The van der Waals surface area contributed by atoms with Crippen molar-refractivity contribution < 1.29 is 20.8 Å². The number of carboxylic acid groups (broad SMARTS) is 1. The second-order valence-electron chi connectivity index (χ2n) is 5.09. The highest BCUT2D eigenvalue weighted by atomic mass is 127. The largest absolute Gasteiger partial charge is 0.481 e. The molecule has 6 nitrogen and oxygen atoms in total. The van der Waals surface area contributed by atoms with E-state index in [1.807, 2.05) is 54.6 Å². The normalized spacial score (nSPS) is 9.62. The van der Waals surface area contributed by atoms with Gasteiger partial charge in [-0.15, -0.1) is 0 Å². The smallest absolute Gasteiger partial charge is 0.311 e. The summed E-state index contributed by atoms with van der Waals surface area (Å²) >= 11 is 1.96. The Morgan fingerprint density at radius 2 is 1.58 bits per heavy atom. The number of ether oxygens (including phenoxy) is 1. The maximum atomic E-state index is 11.1. The Morgan fingerprint density at radius 1 is 1.12 bits per heavy atom. The standard InChI is InChI=1S/C10H13NO2.C8H9NO2.CH3I/c1-3-13-10(12)7-9-8(2)5-4-6-11-9;1-6-3-2-4-9-7(6)5-8(10)11;1-2/h4-6H,3,7H2,1-2H3;2-4H,5H2,1H3,(H,10,11);1H3/i;;1D. The van der Waals surface area contributed by atoms with Crippen LogP contribution in [-0.2, 0) is 27.2 Å². The Kier molecular flexibility index (Phi) is 12.0. The molecule has 7 heteroatoms. The minimum Gasteiger partial charge on any atom is -0.481 e. The molecule has 0 amide bonds. The molecule has 2 rings (SSSR count). The van der Waals surface area contributed by atoms with Crippen molar-refractivity contribution in [2.24, 2.45) is 0 Å². The molecule has 2 aromatic heterocycles. The monoisotopic (exact) mass is 473 g/mol. The lowest BCUT2D eigenvalue weighted by atomic mass is 10.2. The van der Waals surface area contributed by atoms with Crippen LogP contribution in [0.1, 0.15) is 30.8 Å². The number of esters is 1. The third-order valence-electron chi connectivity index (χ3n) is 3.17. The molecular formula is C19H25IN2O4. The number of halogens is 1. The van der Waals surface area contributed by atoms with Crippen molar-refractivity contribution in [2.75, 3.05) is 11.5 Å². The Labute approximate surface area is 169 Å². The highest BCUT2D eigenvalue weighted by molar-refractivity contribution is 14.1. The molecule has 0 radical (unpaired) electrons. The fourth-order valence-corrected chi connectivity index (χ4v) is 1.90. The highest BCUT2D eigenvalue weighted by Crippen LogP contribution is 2.04. The van der Waals surface area contributed by atoms with Gasteiger partial charge in [0, 0.05) is 13.8 Å². The number of hydrogen-bond donors (Lipinski definition) is 1. The summed E-state index contributed by atoms with van der Waals surface area (Å²) in [6.07, 6.45) is 3.56. The first-order valence-electron chi connectivity index (χ1n) is 8.59. The van der Waals surface area contributed by atoms with Gasteiger partial charge in [-0.1, -0.05) is 34.7 Å². The SMILES string of the molecule is CCOC(=O)Cc1ncccc1C.Cc1cccnc1CC(=O)O.[2H]CI. The number of alkyl halides is 1. The second-order valence-corrected chi connectivity index (χ2v) is 5.09. The number of nitrogens with zero attached hydrogens (tertiary/aromatic N) is 2. The van der Waals surface area contributed by atoms with Crippen LogP contribution in [0.15, 0.2) is 36.7 Å². The van der Waals surface area contributed by atoms with Crippen molar-refractivity contribution in [1.82, 2.24) is 9.97 Å². The summed E-state index contributed by atoms with van der Waals surface area (Å²) in [5.74, 6) is -1.06. The number of rotatable bonds is 5. The maximum Gasteiger partial charge on any atom is 0.311 e. The first-order chi connectivity index (χ1) is 12.8. The summed E-state index contributed by atoms with van der Waals surface area (Å²) in [6, 6.07) is 7.43. The number of pyridine rings is 2. The van der Waals surface area contributed by atoms with E-state index >= 15 is 0 Å².